The summed E-state index contributed by atoms with van der Waals surface area (Å²) in [5, 5.41) is 9.65. The van der Waals surface area contributed by atoms with Gasteiger partial charge in [0.25, 0.3) is 0 Å². The van der Waals surface area contributed by atoms with Crippen LogP contribution in [0.1, 0.15) is 30.8 Å². The first-order valence-corrected chi connectivity index (χ1v) is 6.23. The Hall–Kier alpha value is -0.280. The van der Waals surface area contributed by atoms with Crippen molar-refractivity contribution in [3.8, 4) is 0 Å². The smallest absolute Gasteiger partial charge is 0.104 e. The molecule has 0 aromatic carbocycles. The highest BCUT2D eigenvalue weighted by Crippen LogP contribution is 2.12. The van der Waals surface area contributed by atoms with Gasteiger partial charge in [-0.1, -0.05) is 15.9 Å². The van der Waals surface area contributed by atoms with E-state index in [2.05, 4.69) is 22.0 Å². The molecule has 80 valence electrons. The molecule has 0 aliphatic heterocycles. The van der Waals surface area contributed by atoms with Crippen molar-refractivity contribution in [3.05, 3.63) is 23.7 Å². The second-order valence-electron chi connectivity index (χ2n) is 3.34. The van der Waals surface area contributed by atoms with E-state index >= 15 is 0 Å². The third-order valence-electron chi connectivity index (χ3n) is 2.11. The van der Waals surface area contributed by atoms with Gasteiger partial charge >= 0.3 is 0 Å². The van der Waals surface area contributed by atoms with Gasteiger partial charge in [-0.3, -0.25) is 0 Å². The molecule has 1 N–H and O–H groups in total. The minimum absolute atomic E-state index is 0.275. The Labute approximate surface area is 93.4 Å². The summed E-state index contributed by atoms with van der Waals surface area (Å²) in [7, 11) is 0. The molecular formula is C11H17BrO2. The van der Waals surface area contributed by atoms with E-state index in [4.69, 9.17) is 9.52 Å². The number of alkyl halides is 1. The van der Waals surface area contributed by atoms with E-state index in [0.717, 1.165) is 49.0 Å². The molecule has 0 spiro atoms. The lowest BCUT2D eigenvalue weighted by Gasteiger charge is -1.96. The van der Waals surface area contributed by atoms with Crippen molar-refractivity contribution in [2.24, 2.45) is 0 Å². The highest BCUT2D eigenvalue weighted by molar-refractivity contribution is 9.09. The second-order valence-corrected chi connectivity index (χ2v) is 4.13. The van der Waals surface area contributed by atoms with Crippen molar-refractivity contribution in [1.82, 2.24) is 0 Å². The molecule has 1 heterocycles. The average molecular weight is 261 g/mol. The van der Waals surface area contributed by atoms with E-state index in [1.54, 1.807) is 0 Å². The van der Waals surface area contributed by atoms with Gasteiger partial charge in [-0.05, 0) is 31.4 Å². The van der Waals surface area contributed by atoms with Crippen LogP contribution in [0.25, 0.3) is 0 Å². The molecular weight excluding hydrogens is 244 g/mol. The first-order chi connectivity index (χ1) is 6.86. The SMILES string of the molecule is OCCCCc1ccc(CCCBr)o1. The van der Waals surface area contributed by atoms with Crippen molar-refractivity contribution < 1.29 is 9.52 Å². The van der Waals surface area contributed by atoms with Crippen molar-refractivity contribution >= 4 is 15.9 Å². The molecule has 0 radical (unpaired) electrons. The van der Waals surface area contributed by atoms with Crippen LogP contribution in [0.3, 0.4) is 0 Å². The Kier molecular flexibility index (Phi) is 5.96. The molecule has 0 fully saturated rings. The summed E-state index contributed by atoms with van der Waals surface area (Å²) in [4.78, 5) is 0. The molecule has 0 bridgehead atoms. The largest absolute Gasteiger partial charge is 0.466 e. The molecule has 0 amide bonds. The van der Waals surface area contributed by atoms with Crippen LogP contribution in [0, 0.1) is 0 Å². The van der Waals surface area contributed by atoms with Gasteiger partial charge in [-0.25, -0.2) is 0 Å². The summed E-state index contributed by atoms with van der Waals surface area (Å²) < 4.78 is 5.63. The Morgan fingerprint density at radius 3 is 2.29 bits per heavy atom. The summed E-state index contributed by atoms with van der Waals surface area (Å²) in [5.41, 5.74) is 0. The second kappa shape index (κ2) is 7.07. The van der Waals surface area contributed by atoms with E-state index in [1.165, 1.54) is 0 Å². The fourth-order valence-corrected chi connectivity index (χ4v) is 1.62. The van der Waals surface area contributed by atoms with Crippen LogP contribution in [0.5, 0.6) is 0 Å². The fraction of sp³-hybridized carbons (Fsp3) is 0.636. The molecule has 1 rings (SSSR count). The van der Waals surface area contributed by atoms with Crippen LogP contribution in [-0.4, -0.2) is 17.0 Å². The Bertz CT molecular complexity index is 245. The third-order valence-corrected chi connectivity index (χ3v) is 2.67. The monoisotopic (exact) mass is 260 g/mol. The lowest BCUT2D eigenvalue weighted by molar-refractivity contribution is 0.283. The van der Waals surface area contributed by atoms with E-state index in [1.807, 2.05) is 6.07 Å². The third kappa shape index (κ3) is 4.29. The lowest BCUT2D eigenvalue weighted by Crippen LogP contribution is -1.86. The zero-order valence-corrected chi connectivity index (χ0v) is 9.92. The maximum Gasteiger partial charge on any atom is 0.104 e. The van der Waals surface area contributed by atoms with Crippen LogP contribution in [0.4, 0.5) is 0 Å². The molecule has 0 saturated carbocycles. The predicted molar refractivity (Wildman–Crippen MR) is 60.8 cm³/mol. The van der Waals surface area contributed by atoms with Gasteiger partial charge in [0.05, 0.1) is 0 Å². The van der Waals surface area contributed by atoms with Crippen molar-refractivity contribution in [3.63, 3.8) is 0 Å². The van der Waals surface area contributed by atoms with E-state index in [-0.39, 0.29) is 6.61 Å². The van der Waals surface area contributed by atoms with Gasteiger partial charge in [-0.15, -0.1) is 0 Å². The number of rotatable bonds is 7. The number of halogens is 1. The van der Waals surface area contributed by atoms with Crippen LogP contribution >= 0.6 is 15.9 Å². The van der Waals surface area contributed by atoms with E-state index in [0.29, 0.717) is 0 Å². The highest BCUT2D eigenvalue weighted by Gasteiger charge is 2.01. The lowest BCUT2D eigenvalue weighted by atomic mass is 10.2. The number of furan rings is 1. The first-order valence-electron chi connectivity index (χ1n) is 5.11. The summed E-state index contributed by atoms with van der Waals surface area (Å²) in [6, 6.07) is 4.10. The molecule has 0 aliphatic carbocycles. The summed E-state index contributed by atoms with van der Waals surface area (Å²) in [6.45, 7) is 0.275. The Morgan fingerprint density at radius 1 is 1.07 bits per heavy atom. The molecule has 1 aromatic rings. The number of hydrogen-bond acceptors (Lipinski definition) is 2. The molecule has 0 saturated heterocycles. The summed E-state index contributed by atoms with van der Waals surface area (Å²) in [5.74, 6) is 2.12. The van der Waals surface area contributed by atoms with Gasteiger partial charge in [0, 0.05) is 24.8 Å². The zero-order chi connectivity index (χ0) is 10.2. The van der Waals surface area contributed by atoms with E-state index < -0.39 is 0 Å². The van der Waals surface area contributed by atoms with Gasteiger partial charge < -0.3 is 9.52 Å². The minimum atomic E-state index is 0.275. The maximum absolute atomic E-state index is 8.63. The molecule has 0 atom stereocenters. The van der Waals surface area contributed by atoms with Crippen molar-refractivity contribution in [1.29, 1.82) is 0 Å². The number of aryl methyl sites for hydroxylation is 2. The number of unbranched alkanes of at least 4 members (excludes halogenated alkanes) is 1. The summed E-state index contributed by atoms with van der Waals surface area (Å²) >= 11 is 3.40. The van der Waals surface area contributed by atoms with Crippen LogP contribution < -0.4 is 0 Å². The molecule has 14 heavy (non-hydrogen) atoms. The first kappa shape index (κ1) is 11.8. The van der Waals surface area contributed by atoms with Crippen LogP contribution in [0.15, 0.2) is 16.5 Å². The van der Waals surface area contributed by atoms with Crippen molar-refractivity contribution in [2.45, 2.75) is 32.1 Å². The topological polar surface area (TPSA) is 33.4 Å². The normalized spacial score (nSPS) is 10.7. The van der Waals surface area contributed by atoms with Crippen molar-refractivity contribution in [2.75, 3.05) is 11.9 Å². The minimum Gasteiger partial charge on any atom is -0.466 e. The molecule has 3 heteroatoms. The molecule has 2 nitrogen and oxygen atoms in total. The van der Waals surface area contributed by atoms with Gasteiger partial charge in [0.2, 0.25) is 0 Å². The predicted octanol–water partition coefficient (Wildman–Crippen LogP) is 2.92. The number of aliphatic hydroxyl groups is 1. The Balaban J connectivity index is 2.27. The van der Waals surface area contributed by atoms with Crippen LogP contribution in [-0.2, 0) is 12.8 Å². The quantitative estimate of drug-likeness (QED) is 0.604. The summed E-state index contributed by atoms with van der Waals surface area (Å²) in [6.07, 6.45) is 4.92. The Morgan fingerprint density at radius 2 is 1.71 bits per heavy atom. The number of aliphatic hydroxyl groups excluding tert-OH is 1. The molecule has 0 aliphatic rings. The van der Waals surface area contributed by atoms with Gasteiger partial charge in [0.15, 0.2) is 0 Å². The molecule has 0 unspecified atom stereocenters. The highest BCUT2D eigenvalue weighted by atomic mass is 79.9. The average Bonchev–Trinajstić information content (AvgIpc) is 2.63. The zero-order valence-electron chi connectivity index (χ0n) is 8.34. The standard InChI is InChI=1S/C11H17BrO2/c12-8-3-5-11-7-6-10(14-11)4-1-2-9-13/h6-7,13H,1-5,8-9H2. The maximum atomic E-state index is 8.63. The van der Waals surface area contributed by atoms with Gasteiger partial charge in [-0.2, -0.15) is 0 Å². The number of hydrogen-bond donors (Lipinski definition) is 1. The van der Waals surface area contributed by atoms with Gasteiger partial charge in [0.1, 0.15) is 11.5 Å². The van der Waals surface area contributed by atoms with Crippen LogP contribution in [0.2, 0.25) is 0 Å². The fourth-order valence-electron chi connectivity index (χ4n) is 1.34. The van der Waals surface area contributed by atoms with E-state index in [9.17, 15) is 0 Å². The molecule has 1 aromatic heterocycles.